The molecular weight excluding hydrogens is 168 g/mol. The van der Waals surface area contributed by atoms with E-state index in [-0.39, 0.29) is 11.5 Å². The second kappa shape index (κ2) is 2.55. The van der Waals surface area contributed by atoms with Crippen molar-refractivity contribution >= 4 is 17.0 Å². The minimum absolute atomic E-state index is 0.173. The van der Waals surface area contributed by atoms with E-state index in [4.69, 9.17) is 5.73 Å². The molecule has 3 N–H and O–H groups in total. The molecule has 0 bridgehead atoms. The van der Waals surface area contributed by atoms with Gasteiger partial charge in [0.25, 0.3) is 0 Å². The molecule has 13 heavy (non-hydrogen) atoms. The molecule has 0 aliphatic heterocycles. The van der Waals surface area contributed by atoms with E-state index >= 15 is 0 Å². The van der Waals surface area contributed by atoms with Gasteiger partial charge in [-0.15, -0.1) is 0 Å². The van der Waals surface area contributed by atoms with Crippen LogP contribution in [-0.2, 0) is 0 Å². The zero-order valence-electron chi connectivity index (χ0n) is 7.03. The summed E-state index contributed by atoms with van der Waals surface area (Å²) in [5.74, 6) is 0.173. The van der Waals surface area contributed by atoms with E-state index < -0.39 is 0 Å². The Morgan fingerprint density at radius 1 is 1.38 bits per heavy atom. The molecule has 2 rings (SSSR count). The number of aryl methyl sites for hydroxylation is 1. The van der Waals surface area contributed by atoms with Gasteiger partial charge < -0.3 is 10.7 Å². The van der Waals surface area contributed by atoms with Crippen LogP contribution in [0.4, 0.5) is 5.95 Å². The summed E-state index contributed by atoms with van der Waals surface area (Å²) < 4.78 is 0. The number of anilines is 1. The molecule has 5 heteroatoms. The fraction of sp³-hybridized carbons (Fsp3) is 0.125. The summed E-state index contributed by atoms with van der Waals surface area (Å²) >= 11 is 0. The van der Waals surface area contributed by atoms with Gasteiger partial charge in [-0.1, -0.05) is 0 Å². The molecule has 0 aromatic carbocycles. The van der Waals surface area contributed by atoms with Crippen LogP contribution >= 0.6 is 0 Å². The predicted octanol–water partition coefficient (Wildman–Crippen LogP) is 0.209. The quantitative estimate of drug-likeness (QED) is 0.600. The van der Waals surface area contributed by atoms with Crippen LogP contribution in [0.25, 0.3) is 11.0 Å². The van der Waals surface area contributed by atoms with Crippen molar-refractivity contribution in [2.45, 2.75) is 6.92 Å². The highest BCUT2D eigenvalue weighted by molar-refractivity contribution is 5.77. The molecule has 2 aromatic heterocycles. The van der Waals surface area contributed by atoms with Crippen molar-refractivity contribution in [2.24, 2.45) is 0 Å². The largest absolute Gasteiger partial charge is 0.368 e. The number of fused-ring (bicyclic) bond motifs is 1. The summed E-state index contributed by atoms with van der Waals surface area (Å²) in [6, 6.07) is 3.12. The van der Waals surface area contributed by atoms with Crippen molar-refractivity contribution in [2.75, 3.05) is 5.73 Å². The van der Waals surface area contributed by atoms with Crippen LogP contribution in [0.3, 0.4) is 0 Å². The van der Waals surface area contributed by atoms with Crippen molar-refractivity contribution in [3.63, 3.8) is 0 Å². The number of rotatable bonds is 0. The molecule has 0 amide bonds. The third-order valence-electron chi connectivity index (χ3n) is 1.80. The molecule has 2 aromatic rings. The fourth-order valence-electron chi connectivity index (χ4n) is 1.22. The summed E-state index contributed by atoms with van der Waals surface area (Å²) in [6.45, 7) is 1.82. The fourth-order valence-corrected chi connectivity index (χ4v) is 1.22. The zero-order chi connectivity index (χ0) is 9.42. The van der Waals surface area contributed by atoms with Crippen LogP contribution in [-0.4, -0.2) is 15.0 Å². The molecule has 0 atom stereocenters. The Morgan fingerprint density at radius 3 is 2.92 bits per heavy atom. The molecule has 0 saturated carbocycles. The molecule has 0 aliphatic rings. The zero-order valence-corrected chi connectivity index (χ0v) is 7.03. The number of H-pyrrole nitrogens is 1. The lowest BCUT2D eigenvalue weighted by atomic mass is 10.2. The van der Waals surface area contributed by atoms with Crippen LogP contribution in [0.2, 0.25) is 0 Å². The van der Waals surface area contributed by atoms with Gasteiger partial charge in [0, 0.05) is 11.5 Å². The lowest BCUT2D eigenvalue weighted by Crippen LogP contribution is -2.06. The Labute approximate surface area is 73.6 Å². The Balaban J connectivity index is 2.94. The Morgan fingerprint density at radius 2 is 2.15 bits per heavy atom. The summed E-state index contributed by atoms with van der Waals surface area (Å²) in [4.78, 5) is 21.4. The average Bonchev–Trinajstić information content (AvgIpc) is 2.02. The highest BCUT2D eigenvalue weighted by Gasteiger charge is 2.01. The van der Waals surface area contributed by atoms with E-state index in [0.29, 0.717) is 5.65 Å². The van der Waals surface area contributed by atoms with Gasteiger partial charge >= 0.3 is 0 Å². The Kier molecular flexibility index (Phi) is 1.51. The normalized spacial score (nSPS) is 10.5. The Bertz CT molecular complexity index is 517. The third-order valence-corrected chi connectivity index (χ3v) is 1.80. The monoisotopic (exact) mass is 176 g/mol. The van der Waals surface area contributed by atoms with E-state index in [2.05, 4.69) is 15.0 Å². The van der Waals surface area contributed by atoms with E-state index in [1.165, 1.54) is 6.07 Å². The number of aromatic nitrogens is 3. The van der Waals surface area contributed by atoms with Crippen LogP contribution in [0, 0.1) is 6.92 Å². The van der Waals surface area contributed by atoms with Crippen molar-refractivity contribution in [3.8, 4) is 0 Å². The molecule has 0 fully saturated rings. The van der Waals surface area contributed by atoms with Crippen molar-refractivity contribution in [1.82, 2.24) is 15.0 Å². The number of nitrogens with zero attached hydrogens (tertiary/aromatic N) is 2. The molecule has 2 heterocycles. The Hall–Kier alpha value is -1.91. The maximum Gasteiger partial charge on any atom is 0.249 e. The first-order valence-electron chi connectivity index (χ1n) is 3.80. The SMILES string of the molecule is Cc1nc(N)nc2[nH]c(=O)ccc12. The topological polar surface area (TPSA) is 84.7 Å². The average molecular weight is 176 g/mol. The number of aromatic amines is 1. The van der Waals surface area contributed by atoms with Gasteiger partial charge in [0.2, 0.25) is 11.5 Å². The number of hydrogen-bond donors (Lipinski definition) is 2. The predicted molar refractivity (Wildman–Crippen MR) is 49.3 cm³/mol. The number of nitrogen functional groups attached to an aromatic ring is 1. The lowest BCUT2D eigenvalue weighted by Gasteiger charge is -2.00. The first-order chi connectivity index (χ1) is 6.16. The molecule has 5 nitrogen and oxygen atoms in total. The van der Waals surface area contributed by atoms with Crippen LogP contribution in [0.1, 0.15) is 5.69 Å². The third kappa shape index (κ3) is 1.24. The van der Waals surface area contributed by atoms with Crippen LogP contribution in [0.15, 0.2) is 16.9 Å². The summed E-state index contributed by atoms with van der Waals surface area (Å²) in [5, 5.41) is 0.814. The number of hydrogen-bond acceptors (Lipinski definition) is 4. The standard InChI is InChI=1S/C8H8N4O/c1-4-5-2-3-6(13)11-7(5)12-8(9)10-4/h2-3H,1H3,(H3,9,10,11,12,13). The van der Waals surface area contributed by atoms with Gasteiger partial charge in [-0.25, -0.2) is 4.98 Å². The smallest absolute Gasteiger partial charge is 0.249 e. The maximum atomic E-state index is 10.9. The second-order valence-electron chi connectivity index (χ2n) is 2.75. The first kappa shape index (κ1) is 7.72. The number of nitrogens with two attached hydrogens (primary N) is 1. The summed E-state index contributed by atoms with van der Waals surface area (Å²) in [6.07, 6.45) is 0. The molecule has 0 radical (unpaired) electrons. The highest BCUT2D eigenvalue weighted by Crippen LogP contribution is 2.10. The maximum absolute atomic E-state index is 10.9. The van der Waals surface area contributed by atoms with E-state index in [9.17, 15) is 4.79 Å². The number of nitrogens with one attached hydrogen (secondary N) is 1. The molecule has 0 aliphatic carbocycles. The highest BCUT2D eigenvalue weighted by atomic mass is 16.1. The van der Waals surface area contributed by atoms with Gasteiger partial charge in [0.1, 0.15) is 5.65 Å². The van der Waals surface area contributed by atoms with Gasteiger partial charge in [-0.05, 0) is 13.0 Å². The second-order valence-corrected chi connectivity index (χ2v) is 2.75. The lowest BCUT2D eigenvalue weighted by molar-refractivity contribution is 1.13. The molecule has 0 saturated heterocycles. The van der Waals surface area contributed by atoms with E-state index in [1.807, 2.05) is 6.92 Å². The minimum atomic E-state index is -0.190. The first-order valence-corrected chi connectivity index (χ1v) is 3.80. The van der Waals surface area contributed by atoms with Crippen molar-refractivity contribution in [3.05, 3.63) is 28.2 Å². The molecular formula is C8H8N4O. The molecule has 66 valence electrons. The van der Waals surface area contributed by atoms with Gasteiger partial charge in [0.15, 0.2) is 0 Å². The van der Waals surface area contributed by atoms with Gasteiger partial charge in [0.05, 0.1) is 5.69 Å². The van der Waals surface area contributed by atoms with Crippen molar-refractivity contribution < 1.29 is 0 Å². The van der Waals surface area contributed by atoms with Gasteiger partial charge in [-0.3, -0.25) is 4.79 Å². The molecule has 0 unspecified atom stereocenters. The summed E-state index contributed by atoms with van der Waals surface area (Å²) in [7, 11) is 0. The number of pyridine rings is 1. The molecule has 0 spiro atoms. The van der Waals surface area contributed by atoms with Gasteiger partial charge in [-0.2, -0.15) is 4.98 Å². The van der Waals surface area contributed by atoms with E-state index in [1.54, 1.807) is 6.07 Å². The van der Waals surface area contributed by atoms with Crippen LogP contribution in [0.5, 0.6) is 0 Å². The summed E-state index contributed by atoms with van der Waals surface area (Å²) in [5.41, 5.74) is 6.49. The minimum Gasteiger partial charge on any atom is -0.368 e. The van der Waals surface area contributed by atoms with Crippen LogP contribution < -0.4 is 11.3 Å². The van der Waals surface area contributed by atoms with E-state index in [0.717, 1.165) is 11.1 Å². The van der Waals surface area contributed by atoms with Crippen molar-refractivity contribution in [1.29, 1.82) is 0 Å².